The van der Waals surface area contributed by atoms with Crippen molar-refractivity contribution < 1.29 is 8.42 Å². The van der Waals surface area contributed by atoms with Gasteiger partial charge in [0, 0.05) is 45.1 Å². The molecule has 1 atom stereocenters. The van der Waals surface area contributed by atoms with Crippen LogP contribution < -0.4 is 5.32 Å². The summed E-state index contributed by atoms with van der Waals surface area (Å²) in [5.74, 6) is 0. The smallest absolute Gasteiger partial charge is 0.282 e. The summed E-state index contributed by atoms with van der Waals surface area (Å²) < 4.78 is 29.8. The average Bonchev–Trinajstić information content (AvgIpc) is 2.67. The molecule has 0 radical (unpaired) electrons. The average molecular weight is 397 g/mol. The van der Waals surface area contributed by atoms with E-state index in [0.717, 1.165) is 11.1 Å². The fraction of sp³-hybridized carbons (Fsp3) is 0.389. The molecule has 1 N–H and O–H groups in total. The Balaban J connectivity index is 0.00000243. The van der Waals surface area contributed by atoms with Gasteiger partial charge in [-0.25, -0.2) is 0 Å². The molecule has 2 heterocycles. The fourth-order valence-corrected chi connectivity index (χ4v) is 4.89. The van der Waals surface area contributed by atoms with Crippen LogP contribution >= 0.6 is 12.4 Å². The van der Waals surface area contributed by atoms with Crippen molar-refractivity contribution in [1.82, 2.24) is 18.9 Å². The molecular weight excluding hydrogens is 372 g/mol. The second-order valence-corrected chi connectivity index (χ2v) is 7.92. The van der Waals surface area contributed by atoms with E-state index in [1.807, 2.05) is 49.4 Å². The molecule has 3 rings (SSSR count). The highest BCUT2D eigenvalue weighted by molar-refractivity contribution is 7.86. The first-order chi connectivity index (χ1) is 12.1. The van der Waals surface area contributed by atoms with Crippen LogP contribution in [0.25, 0.3) is 0 Å². The molecule has 6 nitrogen and oxygen atoms in total. The lowest BCUT2D eigenvalue weighted by atomic mass is 10.1. The van der Waals surface area contributed by atoms with Gasteiger partial charge in [0.15, 0.2) is 0 Å². The normalized spacial score (nSPS) is 18.5. The van der Waals surface area contributed by atoms with Crippen LogP contribution in [0.15, 0.2) is 54.9 Å². The van der Waals surface area contributed by atoms with E-state index in [1.54, 1.807) is 16.7 Å². The lowest BCUT2D eigenvalue weighted by molar-refractivity contribution is 0.246. The van der Waals surface area contributed by atoms with Gasteiger partial charge in [0.25, 0.3) is 10.2 Å². The van der Waals surface area contributed by atoms with E-state index in [4.69, 9.17) is 0 Å². The first-order valence-corrected chi connectivity index (χ1v) is 9.94. The maximum Gasteiger partial charge on any atom is 0.282 e. The highest BCUT2D eigenvalue weighted by Gasteiger charge is 2.36. The molecule has 1 aromatic carbocycles. The molecular formula is C18H25ClN4O2S. The molecule has 0 aliphatic carbocycles. The zero-order valence-electron chi connectivity index (χ0n) is 14.8. The van der Waals surface area contributed by atoms with Gasteiger partial charge in [-0.05, 0) is 17.2 Å². The van der Waals surface area contributed by atoms with Crippen LogP contribution in [-0.4, -0.2) is 48.2 Å². The summed E-state index contributed by atoms with van der Waals surface area (Å²) >= 11 is 0. The van der Waals surface area contributed by atoms with Gasteiger partial charge in [-0.1, -0.05) is 43.3 Å². The first-order valence-electron chi connectivity index (χ1n) is 8.54. The Morgan fingerprint density at radius 2 is 2.00 bits per heavy atom. The van der Waals surface area contributed by atoms with E-state index in [1.165, 1.54) is 4.31 Å². The van der Waals surface area contributed by atoms with Gasteiger partial charge >= 0.3 is 0 Å². The molecule has 1 aliphatic heterocycles. The van der Waals surface area contributed by atoms with E-state index in [2.05, 4.69) is 10.3 Å². The summed E-state index contributed by atoms with van der Waals surface area (Å²) in [5, 5.41) is 3.29. The van der Waals surface area contributed by atoms with E-state index < -0.39 is 10.2 Å². The van der Waals surface area contributed by atoms with E-state index in [0.29, 0.717) is 32.7 Å². The van der Waals surface area contributed by atoms with Gasteiger partial charge in [-0.3, -0.25) is 4.98 Å². The fourth-order valence-electron chi connectivity index (χ4n) is 3.11. The largest absolute Gasteiger partial charge is 0.313 e. The minimum atomic E-state index is -3.57. The number of pyridine rings is 1. The van der Waals surface area contributed by atoms with Gasteiger partial charge < -0.3 is 5.32 Å². The molecule has 0 bridgehead atoms. The minimum absolute atomic E-state index is 0. The van der Waals surface area contributed by atoms with Crippen molar-refractivity contribution in [2.45, 2.75) is 19.5 Å². The van der Waals surface area contributed by atoms with Gasteiger partial charge in [-0.15, -0.1) is 12.4 Å². The topological polar surface area (TPSA) is 65.5 Å². The maximum atomic E-state index is 13.3. The molecule has 0 saturated carbocycles. The number of halogens is 1. The molecule has 8 heteroatoms. The lowest BCUT2D eigenvalue weighted by Crippen LogP contribution is -2.53. The van der Waals surface area contributed by atoms with Crippen molar-refractivity contribution in [3.05, 3.63) is 66.0 Å². The van der Waals surface area contributed by atoms with Crippen molar-refractivity contribution in [2.24, 2.45) is 0 Å². The molecule has 26 heavy (non-hydrogen) atoms. The number of hydrogen-bond donors (Lipinski definition) is 1. The van der Waals surface area contributed by atoms with Crippen molar-refractivity contribution in [3.8, 4) is 0 Å². The Kier molecular flexibility index (Phi) is 7.55. The van der Waals surface area contributed by atoms with E-state index in [9.17, 15) is 8.42 Å². The number of hydrogen-bond acceptors (Lipinski definition) is 4. The van der Waals surface area contributed by atoms with Gasteiger partial charge in [0.05, 0.1) is 6.04 Å². The van der Waals surface area contributed by atoms with Gasteiger partial charge in [0.1, 0.15) is 0 Å². The predicted octanol–water partition coefficient (Wildman–Crippen LogP) is 2.22. The van der Waals surface area contributed by atoms with Crippen LogP contribution in [0, 0.1) is 0 Å². The molecule has 1 unspecified atom stereocenters. The standard InChI is InChI=1S/C18H24N4O2S.ClH/c1-2-21(15-16-7-4-3-5-8-16)25(23,24)22-12-11-20-14-18(22)17-9-6-10-19-13-17;/h3-10,13,18,20H,2,11-12,14-15H2,1H3;1H. The summed E-state index contributed by atoms with van der Waals surface area (Å²) in [6, 6.07) is 13.2. The van der Waals surface area contributed by atoms with Crippen molar-refractivity contribution in [2.75, 3.05) is 26.2 Å². The van der Waals surface area contributed by atoms with Gasteiger partial charge in [0.2, 0.25) is 0 Å². The molecule has 142 valence electrons. The van der Waals surface area contributed by atoms with Crippen molar-refractivity contribution >= 4 is 22.6 Å². The Morgan fingerprint density at radius 1 is 1.23 bits per heavy atom. The second kappa shape index (κ2) is 9.43. The second-order valence-electron chi connectivity index (χ2n) is 6.04. The molecule has 0 spiro atoms. The summed E-state index contributed by atoms with van der Waals surface area (Å²) in [6.07, 6.45) is 3.44. The monoisotopic (exact) mass is 396 g/mol. The van der Waals surface area contributed by atoms with Crippen LogP contribution in [0.1, 0.15) is 24.1 Å². The number of nitrogens with one attached hydrogen (secondary N) is 1. The highest BCUT2D eigenvalue weighted by atomic mass is 35.5. The van der Waals surface area contributed by atoms with Crippen LogP contribution in [-0.2, 0) is 16.8 Å². The molecule has 0 amide bonds. The predicted molar refractivity (Wildman–Crippen MR) is 105 cm³/mol. The van der Waals surface area contributed by atoms with Gasteiger partial charge in [-0.2, -0.15) is 17.0 Å². The quantitative estimate of drug-likeness (QED) is 0.813. The van der Waals surface area contributed by atoms with Crippen molar-refractivity contribution in [3.63, 3.8) is 0 Å². The van der Waals surface area contributed by atoms with E-state index in [-0.39, 0.29) is 18.4 Å². The third-order valence-electron chi connectivity index (χ3n) is 4.44. The minimum Gasteiger partial charge on any atom is -0.313 e. The number of benzene rings is 1. The lowest BCUT2D eigenvalue weighted by Gasteiger charge is -2.38. The molecule has 2 aromatic rings. The zero-order chi connectivity index (χ0) is 17.7. The Labute approximate surface area is 161 Å². The van der Waals surface area contributed by atoms with Crippen molar-refractivity contribution in [1.29, 1.82) is 0 Å². The number of piperazine rings is 1. The Hall–Kier alpha value is -1.51. The van der Waals surface area contributed by atoms with Crippen LogP contribution in [0.5, 0.6) is 0 Å². The third kappa shape index (κ3) is 4.61. The highest BCUT2D eigenvalue weighted by Crippen LogP contribution is 2.27. The SMILES string of the molecule is CCN(Cc1ccccc1)S(=O)(=O)N1CCNCC1c1cccnc1.Cl. The zero-order valence-corrected chi connectivity index (χ0v) is 16.4. The molecule has 1 saturated heterocycles. The Bertz CT molecular complexity index is 774. The molecule has 1 aromatic heterocycles. The molecule has 1 fully saturated rings. The van der Waals surface area contributed by atoms with E-state index >= 15 is 0 Å². The van der Waals surface area contributed by atoms with Crippen LogP contribution in [0.3, 0.4) is 0 Å². The summed E-state index contributed by atoms with van der Waals surface area (Å²) in [7, 11) is -3.57. The summed E-state index contributed by atoms with van der Waals surface area (Å²) in [4.78, 5) is 4.15. The molecule has 1 aliphatic rings. The third-order valence-corrected chi connectivity index (χ3v) is 6.51. The van der Waals surface area contributed by atoms with Crippen LogP contribution in [0.4, 0.5) is 0 Å². The van der Waals surface area contributed by atoms with Crippen LogP contribution in [0.2, 0.25) is 0 Å². The first kappa shape index (κ1) is 20.8. The number of nitrogens with zero attached hydrogens (tertiary/aromatic N) is 3. The maximum absolute atomic E-state index is 13.3. The number of aromatic nitrogens is 1. The summed E-state index contributed by atoms with van der Waals surface area (Å²) in [5.41, 5.74) is 1.90. The number of rotatable bonds is 6. The summed E-state index contributed by atoms with van der Waals surface area (Å²) in [6.45, 7) is 4.38. The Morgan fingerprint density at radius 3 is 2.65 bits per heavy atom.